The molecule has 0 saturated carbocycles. The first-order valence-electron chi connectivity index (χ1n) is 6.13. The van der Waals surface area contributed by atoms with E-state index in [9.17, 15) is 0 Å². The number of fused-ring (bicyclic) bond motifs is 1. The zero-order chi connectivity index (χ0) is 14.1. The molecule has 0 aliphatic heterocycles. The van der Waals surface area contributed by atoms with Crippen LogP contribution in [0.5, 0.6) is 5.75 Å². The summed E-state index contributed by atoms with van der Waals surface area (Å²) in [6.45, 7) is 2.02. The Hall–Kier alpha value is -1.78. The lowest BCUT2D eigenvalue weighted by molar-refractivity contribution is 0.415. The largest absolute Gasteiger partial charge is 0.497 e. The Labute approximate surface area is 126 Å². The molecule has 0 bridgehead atoms. The molecule has 2 aromatic carbocycles. The van der Waals surface area contributed by atoms with E-state index in [1.54, 1.807) is 18.4 Å². The number of nitrogens with zero attached hydrogens (tertiary/aromatic N) is 1. The van der Waals surface area contributed by atoms with E-state index in [1.807, 2.05) is 43.3 Å². The Morgan fingerprint density at radius 1 is 1.20 bits per heavy atom. The topological polar surface area (TPSA) is 34.1 Å². The van der Waals surface area contributed by atoms with Crippen LogP contribution in [-0.2, 0) is 0 Å². The van der Waals surface area contributed by atoms with Crippen molar-refractivity contribution in [3.8, 4) is 5.75 Å². The molecule has 0 radical (unpaired) electrons. The maximum absolute atomic E-state index is 5.96. The molecular weight excluding hydrogens is 292 g/mol. The minimum absolute atomic E-state index is 0.738. The van der Waals surface area contributed by atoms with Gasteiger partial charge in [-0.2, -0.15) is 0 Å². The van der Waals surface area contributed by atoms with Crippen molar-refractivity contribution in [3.05, 3.63) is 47.0 Å². The predicted molar refractivity (Wildman–Crippen MR) is 85.6 cm³/mol. The highest BCUT2D eigenvalue weighted by atomic mass is 35.5. The van der Waals surface area contributed by atoms with Crippen molar-refractivity contribution < 1.29 is 4.74 Å². The van der Waals surface area contributed by atoms with Gasteiger partial charge in [0.05, 0.1) is 17.3 Å². The predicted octanol–water partition coefficient (Wildman–Crippen LogP) is 5.01. The molecule has 0 aliphatic rings. The highest BCUT2D eigenvalue weighted by molar-refractivity contribution is 7.22. The number of methoxy groups -OCH3 is 1. The Morgan fingerprint density at radius 2 is 2.05 bits per heavy atom. The molecule has 1 N–H and O–H groups in total. The fourth-order valence-electron chi connectivity index (χ4n) is 1.97. The van der Waals surface area contributed by atoms with Gasteiger partial charge < -0.3 is 10.1 Å². The van der Waals surface area contributed by atoms with Crippen LogP contribution in [0, 0.1) is 6.92 Å². The molecule has 1 heterocycles. The van der Waals surface area contributed by atoms with Gasteiger partial charge in [-0.15, -0.1) is 0 Å². The molecule has 20 heavy (non-hydrogen) atoms. The number of rotatable bonds is 3. The average molecular weight is 305 g/mol. The van der Waals surface area contributed by atoms with Crippen molar-refractivity contribution in [2.45, 2.75) is 6.92 Å². The third kappa shape index (κ3) is 2.57. The molecule has 0 atom stereocenters. The third-order valence-corrected chi connectivity index (χ3v) is 4.19. The quantitative estimate of drug-likeness (QED) is 0.738. The number of thiazole rings is 1. The number of aryl methyl sites for hydroxylation is 1. The van der Waals surface area contributed by atoms with Gasteiger partial charge in [0.25, 0.3) is 0 Å². The number of halogens is 1. The van der Waals surface area contributed by atoms with Crippen LogP contribution in [0.4, 0.5) is 10.8 Å². The van der Waals surface area contributed by atoms with Crippen LogP contribution in [0.25, 0.3) is 10.2 Å². The number of nitrogens with one attached hydrogen (secondary N) is 1. The molecule has 0 amide bonds. The van der Waals surface area contributed by atoms with Crippen molar-refractivity contribution in [1.82, 2.24) is 4.98 Å². The Kier molecular flexibility index (Phi) is 3.51. The van der Waals surface area contributed by atoms with E-state index >= 15 is 0 Å². The summed E-state index contributed by atoms with van der Waals surface area (Å²) >= 11 is 7.56. The van der Waals surface area contributed by atoms with Crippen molar-refractivity contribution >= 4 is 44.0 Å². The maximum atomic E-state index is 5.96. The molecule has 0 unspecified atom stereocenters. The van der Waals surface area contributed by atoms with Crippen LogP contribution in [-0.4, -0.2) is 12.1 Å². The van der Waals surface area contributed by atoms with E-state index in [-0.39, 0.29) is 0 Å². The van der Waals surface area contributed by atoms with Gasteiger partial charge in [-0.25, -0.2) is 4.98 Å². The van der Waals surface area contributed by atoms with Crippen LogP contribution in [0.1, 0.15) is 5.56 Å². The van der Waals surface area contributed by atoms with E-state index < -0.39 is 0 Å². The fraction of sp³-hybridized carbons (Fsp3) is 0.133. The molecule has 0 spiro atoms. The molecule has 0 aliphatic carbocycles. The van der Waals surface area contributed by atoms with Crippen molar-refractivity contribution in [3.63, 3.8) is 0 Å². The zero-order valence-electron chi connectivity index (χ0n) is 11.1. The summed E-state index contributed by atoms with van der Waals surface area (Å²) in [5, 5.41) is 4.93. The Morgan fingerprint density at radius 3 is 2.80 bits per heavy atom. The maximum Gasteiger partial charge on any atom is 0.188 e. The summed E-state index contributed by atoms with van der Waals surface area (Å²) in [5.41, 5.74) is 3.07. The van der Waals surface area contributed by atoms with Gasteiger partial charge in [-0.1, -0.05) is 22.9 Å². The van der Waals surface area contributed by atoms with E-state index in [4.69, 9.17) is 16.3 Å². The van der Waals surface area contributed by atoms with Gasteiger partial charge in [-0.05, 0) is 48.9 Å². The monoisotopic (exact) mass is 304 g/mol. The summed E-state index contributed by atoms with van der Waals surface area (Å²) in [6, 6.07) is 11.6. The molecule has 102 valence electrons. The molecule has 0 saturated heterocycles. The van der Waals surface area contributed by atoms with Gasteiger partial charge in [-0.3, -0.25) is 0 Å². The number of aromatic nitrogens is 1. The normalized spacial score (nSPS) is 10.8. The summed E-state index contributed by atoms with van der Waals surface area (Å²) < 4.78 is 6.32. The second-order valence-corrected chi connectivity index (χ2v) is 5.90. The third-order valence-electron chi connectivity index (χ3n) is 3.03. The number of hydrogen-bond donors (Lipinski definition) is 1. The van der Waals surface area contributed by atoms with Gasteiger partial charge in [0.15, 0.2) is 5.13 Å². The molecule has 3 nitrogen and oxygen atoms in total. The molecule has 0 fully saturated rings. The lowest BCUT2D eigenvalue weighted by Gasteiger charge is -2.06. The van der Waals surface area contributed by atoms with Crippen molar-refractivity contribution in [2.75, 3.05) is 12.4 Å². The minimum Gasteiger partial charge on any atom is -0.497 e. The lowest BCUT2D eigenvalue weighted by Crippen LogP contribution is -1.91. The second-order valence-electron chi connectivity index (χ2n) is 4.44. The average Bonchev–Trinajstić information content (AvgIpc) is 2.83. The fourth-order valence-corrected chi connectivity index (χ4v) is 3.10. The number of ether oxygens (including phenoxy) is 1. The summed E-state index contributed by atoms with van der Waals surface area (Å²) in [7, 11) is 1.67. The number of anilines is 2. The first kappa shape index (κ1) is 13.2. The molecular formula is C15H13ClN2OS. The van der Waals surface area contributed by atoms with E-state index in [0.717, 1.165) is 37.4 Å². The zero-order valence-corrected chi connectivity index (χ0v) is 12.7. The molecule has 3 rings (SSSR count). The molecule has 5 heteroatoms. The van der Waals surface area contributed by atoms with Crippen LogP contribution >= 0.6 is 22.9 Å². The van der Waals surface area contributed by atoms with Gasteiger partial charge >= 0.3 is 0 Å². The van der Waals surface area contributed by atoms with Crippen LogP contribution < -0.4 is 10.1 Å². The van der Waals surface area contributed by atoms with Crippen molar-refractivity contribution in [2.24, 2.45) is 0 Å². The SMILES string of the molecule is COc1ccc2nc(Nc3ccc(Cl)cc3C)sc2c1. The van der Waals surface area contributed by atoms with Crippen LogP contribution in [0.15, 0.2) is 36.4 Å². The van der Waals surface area contributed by atoms with Crippen molar-refractivity contribution in [1.29, 1.82) is 0 Å². The van der Waals surface area contributed by atoms with Gasteiger partial charge in [0.1, 0.15) is 5.75 Å². The van der Waals surface area contributed by atoms with E-state index in [2.05, 4.69) is 10.3 Å². The standard InChI is InChI=1S/C15H13ClN2OS/c1-9-7-10(16)3-5-12(9)17-15-18-13-6-4-11(19-2)8-14(13)20-15/h3-8H,1-2H3,(H,17,18). The van der Waals surface area contributed by atoms with E-state index in [1.165, 1.54) is 0 Å². The smallest absolute Gasteiger partial charge is 0.188 e. The Bertz CT molecular complexity index is 770. The second kappa shape index (κ2) is 5.31. The summed E-state index contributed by atoms with van der Waals surface area (Å²) in [4.78, 5) is 4.57. The van der Waals surface area contributed by atoms with Crippen LogP contribution in [0.3, 0.4) is 0 Å². The van der Waals surface area contributed by atoms with E-state index in [0.29, 0.717) is 0 Å². The Balaban J connectivity index is 1.94. The van der Waals surface area contributed by atoms with Gasteiger partial charge in [0, 0.05) is 10.7 Å². The summed E-state index contributed by atoms with van der Waals surface area (Å²) in [5.74, 6) is 0.843. The summed E-state index contributed by atoms with van der Waals surface area (Å²) in [6.07, 6.45) is 0. The number of benzene rings is 2. The van der Waals surface area contributed by atoms with Crippen LogP contribution in [0.2, 0.25) is 5.02 Å². The highest BCUT2D eigenvalue weighted by Crippen LogP contribution is 2.32. The lowest BCUT2D eigenvalue weighted by atomic mass is 10.2. The highest BCUT2D eigenvalue weighted by Gasteiger charge is 2.07. The first-order chi connectivity index (χ1) is 9.65. The number of hydrogen-bond acceptors (Lipinski definition) is 4. The molecule has 3 aromatic rings. The molecule has 1 aromatic heterocycles. The minimum atomic E-state index is 0.738. The van der Waals surface area contributed by atoms with Gasteiger partial charge in [0.2, 0.25) is 0 Å². The first-order valence-corrected chi connectivity index (χ1v) is 7.33.